The number of nitrogen functional groups attached to an aromatic ring is 1. The molecule has 0 aliphatic heterocycles. The minimum absolute atomic E-state index is 0.342. The molecule has 1 aliphatic carbocycles. The Labute approximate surface area is 127 Å². The Bertz CT molecular complexity index is 666. The Balaban J connectivity index is 2.04. The quantitative estimate of drug-likeness (QED) is 0.832. The lowest BCUT2D eigenvalue weighted by molar-refractivity contribution is 0.100. The van der Waals surface area contributed by atoms with E-state index in [9.17, 15) is 4.79 Å². The first-order chi connectivity index (χ1) is 10.1. The van der Waals surface area contributed by atoms with Gasteiger partial charge in [-0.1, -0.05) is 11.6 Å². The normalized spacial score (nSPS) is 14.1. The summed E-state index contributed by atoms with van der Waals surface area (Å²) in [6.45, 7) is 0.543. The molecule has 1 amide bonds. The van der Waals surface area contributed by atoms with Crippen LogP contribution < -0.4 is 16.4 Å². The van der Waals surface area contributed by atoms with E-state index in [2.05, 4.69) is 4.90 Å². The average molecular weight is 306 g/mol. The predicted octanol–water partition coefficient (Wildman–Crippen LogP) is 2.78. The number of anilines is 2. The van der Waals surface area contributed by atoms with Crippen molar-refractivity contribution in [2.75, 3.05) is 10.6 Å². The Morgan fingerprint density at radius 2 is 2.19 bits per heavy atom. The molecule has 4 N–H and O–H groups in total. The molecule has 21 heavy (non-hydrogen) atoms. The zero-order valence-electron chi connectivity index (χ0n) is 11.4. The number of carbonyl (C=O) groups excluding carboxylic acids is 1. The van der Waals surface area contributed by atoms with Crippen LogP contribution in [0.5, 0.6) is 0 Å². The van der Waals surface area contributed by atoms with Crippen molar-refractivity contribution >= 4 is 28.9 Å². The van der Waals surface area contributed by atoms with Crippen molar-refractivity contribution in [1.29, 1.82) is 0 Å². The zero-order valence-corrected chi connectivity index (χ0v) is 12.1. The minimum atomic E-state index is -0.538. The van der Waals surface area contributed by atoms with Crippen LogP contribution in [0.2, 0.25) is 5.02 Å². The lowest BCUT2D eigenvalue weighted by Crippen LogP contribution is -2.28. The maximum absolute atomic E-state index is 11.7. The van der Waals surface area contributed by atoms with E-state index >= 15 is 0 Å². The van der Waals surface area contributed by atoms with Crippen molar-refractivity contribution in [3.8, 4) is 0 Å². The first-order valence-corrected chi connectivity index (χ1v) is 7.12. The lowest BCUT2D eigenvalue weighted by atomic mass is 10.1. The summed E-state index contributed by atoms with van der Waals surface area (Å²) in [7, 11) is 0. The van der Waals surface area contributed by atoms with Crippen LogP contribution in [-0.4, -0.2) is 11.9 Å². The second-order valence-corrected chi connectivity index (χ2v) is 5.61. The number of hydrogen-bond acceptors (Lipinski definition) is 4. The summed E-state index contributed by atoms with van der Waals surface area (Å²) in [4.78, 5) is 13.8. The number of halogens is 1. The van der Waals surface area contributed by atoms with E-state index in [1.54, 1.807) is 18.4 Å². The third-order valence-electron chi connectivity index (χ3n) is 3.53. The van der Waals surface area contributed by atoms with E-state index in [0.29, 0.717) is 34.5 Å². The van der Waals surface area contributed by atoms with Gasteiger partial charge in [0.2, 0.25) is 0 Å². The molecule has 0 bridgehead atoms. The van der Waals surface area contributed by atoms with Crippen LogP contribution >= 0.6 is 11.6 Å². The van der Waals surface area contributed by atoms with Gasteiger partial charge in [-0.05, 0) is 37.1 Å². The number of furan rings is 1. The van der Waals surface area contributed by atoms with E-state index < -0.39 is 5.91 Å². The van der Waals surface area contributed by atoms with Gasteiger partial charge in [0.15, 0.2) is 0 Å². The first kappa shape index (κ1) is 13.8. The van der Waals surface area contributed by atoms with Crippen LogP contribution in [0.25, 0.3) is 0 Å². The number of nitrogens with two attached hydrogens (primary N) is 2. The highest BCUT2D eigenvalue weighted by molar-refractivity contribution is 6.34. The summed E-state index contributed by atoms with van der Waals surface area (Å²) in [6, 6.07) is 7.28. The smallest absolute Gasteiger partial charge is 0.250 e. The number of primary amides is 1. The Morgan fingerprint density at radius 3 is 2.76 bits per heavy atom. The van der Waals surface area contributed by atoms with Gasteiger partial charge in [-0.15, -0.1) is 0 Å². The van der Waals surface area contributed by atoms with Gasteiger partial charge in [0.05, 0.1) is 29.1 Å². The molecule has 1 aromatic carbocycles. The molecule has 1 aromatic heterocycles. The van der Waals surface area contributed by atoms with Crippen LogP contribution in [-0.2, 0) is 6.54 Å². The zero-order chi connectivity index (χ0) is 15.0. The first-order valence-electron chi connectivity index (χ1n) is 6.74. The molecule has 110 valence electrons. The van der Waals surface area contributed by atoms with Gasteiger partial charge in [-0.2, -0.15) is 0 Å². The monoisotopic (exact) mass is 305 g/mol. The van der Waals surface area contributed by atoms with Crippen LogP contribution in [0.4, 0.5) is 11.4 Å². The van der Waals surface area contributed by atoms with Crippen molar-refractivity contribution in [1.82, 2.24) is 0 Å². The standard InChI is InChI=1S/C15H16ClN3O2/c16-13-7-9(17)6-12(15(18)20)14(13)19(10-3-4-10)8-11-2-1-5-21-11/h1-2,5-7,10H,3-4,8,17H2,(H2,18,20). The highest BCUT2D eigenvalue weighted by Crippen LogP contribution is 2.40. The van der Waals surface area contributed by atoms with E-state index in [1.165, 1.54) is 0 Å². The molecule has 1 aliphatic rings. The minimum Gasteiger partial charge on any atom is -0.467 e. The van der Waals surface area contributed by atoms with E-state index in [-0.39, 0.29) is 0 Å². The highest BCUT2D eigenvalue weighted by Gasteiger charge is 2.33. The summed E-state index contributed by atoms with van der Waals surface area (Å²) < 4.78 is 5.40. The van der Waals surface area contributed by atoms with Gasteiger partial charge in [-0.3, -0.25) is 4.79 Å². The van der Waals surface area contributed by atoms with Gasteiger partial charge in [0, 0.05) is 11.7 Å². The Morgan fingerprint density at radius 1 is 1.43 bits per heavy atom. The van der Waals surface area contributed by atoms with Crippen molar-refractivity contribution in [2.24, 2.45) is 5.73 Å². The van der Waals surface area contributed by atoms with Crippen molar-refractivity contribution < 1.29 is 9.21 Å². The van der Waals surface area contributed by atoms with Crippen LogP contribution in [0.3, 0.4) is 0 Å². The summed E-state index contributed by atoms with van der Waals surface area (Å²) in [5.41, 5.74) is 12.7. The second-order valence-electron chi connectivity index (χ2n) is 5.20. The van der Waals surface area contributed by atoms with Crippen molar-refractivity contribution in [3.05, 3.63) is 46.9 Å². The third-order valence-corrected chi connectivity index (χ3v) is 3.82. The van der Waals surface area contributed by atoms with Gasteiger partial charge < -0.3 is 20.8 Å². The summed E-state index contributed by atoms with van der Waals surface area (Å²) >= 11 is 6.33. The van der Waals surface area contributed by atoms with E-state index in [4.69, 9.17) is 27.5 Å². The molecule has 2 aromatic rings. The molecular formula is C15H16ClN3O2. The average Bonchev–Trinajstić information content (AvgIpc) is 3.13. The van der Waals surface area contributed by atoms with E-state index in [0.717, 1.165) is 18.6 Å². The molecule has 1 fully saturated rings. The van der Waals surface area contributed by atoms with Gasteiger partial charge in [-0.25, -0.2) is 0 Å². The number of nitrogens with zero attached hydrogens (tertiary/aromatic N) is 1. The van der Waals surface area contributed by atoms with Gasteiger partial charge in [0.1, 0.15) is 5.76 Å². The molecule has 5 nitrogen and oxygen atoms in total. The number of benzene rings is 1. The second kappa shape index (κ2) is 5.33. The maximum atomic E-state index is 11.7. The molecule has 6 heteroatoms. The molecule has 0 saturated heterocycles. The fraction of sp³-hybridized carbons (Fsp3) is 0.267. The van der Waals surface area contributed by atoms with Crippen molar-refractivity contribution in [3.63, 3.8) is 0 Å². The Kier molecular flexibility index (Phi) is 3.51. The van der Waals surface area contributed by atoms with E-state index in [1.807, 2.05) is 12.1 Å². The predicted molar refractivity (Wildman–Crippen MR) is 82.3 cm³/mol. The molecule has 1 heterocycles. The number of carbonyl (C=O) groups is 1. The van der Waals surface area contributed by atoms with Crippen molar-refractivity contribution in [2.45, 2.75) is 25.4 Å². The van der Waals surface area contributed by atoms with Crippen LogP contribution in [0.1, 0.15) is 29.0 Å². The summed E-state index contributed by atoms with van der Waals surface area (Å²) in [6.07, 6.45) is 3.74. The largest absolute Gasteiger partial charge is 0.467 e. The molecule has 1 saturated carbocycles. The van der Waals surface area contributed by atoms with Gasteiger partial charge >= 0.3 is 0 Å². The SMILES string of the molecule is NC(=O)c1cc(N)cc(Cl)c1N(Cc1ccco1)C1CC1. The fourth-order valence-electron chi connectivity index (χ4n) is 2.45. The number of amides is 1. The molecular weight excluding hydrogens is 290 g/mol. The Hall–Kier alpha value is -2.14. The maximum Gasteiger partial charge on any atom is 0.250 e. The molecule has 0 spiro atoms. The molecule has 0 unspecified atom stereocenters. The summed E-state index contributed by atoms with van der Waals surface area (Å²) in [5, 5.41) is 0.433. The van der Waals surface area contributed by atoms with Gasteiger partial charge in [0.25, 0.3) is 5.91 Å². The fourth-order valence-corrected chi connectivity index (χ4v) is 2.78. The molecule has 0 atom stereocenters. The number of hydrogen-bond donors (Lipinski definition) is 2. The van der Waals surface area contributed by atoms with Crippen LogP contribution in [0, 0.1) is 0 Å². The molecule has 0 radical (unpaired) electrons. The number of rotatable bonds is 5. The highest BCUT2D eigenvalue weighted by atomic mass is 35.5. The van der Waals surface area contributed by atoms with Crippen LogP contribution in [0.15, 0.2) is 34.9 Å². The topological polar surface area (TPSA) is 85.5 Å². The third kappa shape index (κ3) is 2.83. The molecule has 3 rings (SSSR count). The lowest BCUT2D eigenvalue weighted by Gasteiger charge is -2.27. The summed E-state index contributed by atoms with van der Waals surface area (Å²) in [5.74, 6) is 0.273.